The van der Waals surface area contributed by atoms with Crippen molar-refractivity contribution in [1.82, 2.24) is 15.1 Å². The molecule has 0 aromatic heterocycles. The number of amides is 3. The van der Waals surface area contributed by atoms with Gasteiger partial charge in [-0.2, -0.15) is 0 Å². The van der Waals surface area contributed by atoms with E-state index in [1.807, 2.05) is 6.92 Å². The van der Waals surface area contributed by atoms with E-state index in [1.54, 1.807) is 23.1 Å². The van der Waals surface area contributed by atoms with Crippen molar-refractivity contribution < 1.29 is 14.4 Å². The maximum absolute atomic E-state index is 12.5. The first kappa shape index (κ1) is 14.7. The Morgan fingerprint density at radius 1 is 1.14 bits per heavy atom. The Balaban J connectivity index is 1.88. The topological polar surface area (TPSA) is 69.7 Å². The number of carbonyl (C=O) groups is 3. The molecular weight excluding hydrogens is 282 g/mol. The zero-order chi connectivity index (χ0) is 15.7. The van der Waals surface area contributed by atoms with Crippen molar-refractivity contribution in [2.24, 2.45) is 0 Å². The van der Waals surface area contributed by atoms with Gasteiger partial charge >= 0.3 is 0 Å². The molecule has 2 heterocycles. The Morgan fingerprint density at radius 2 is 1.82 bits per heavy atom. The number of imide groups is 1. The lowest BCUT2D eigenvalue weighted by Gasteiger charge is -2.27. The molecule has 1 fully saturated rings. The number of nitrogens with zero attached hydrogens (tertiary/aromatic N) is 2. The van der Waals surface area contributed by atoms with Crippen LogP contribution < -0.4 is 5.32 Å². The molecule has 3 rings (SSSR count). The summed E-state index contributed by atoms with van der Waals surface area (Å²) in [5.41, 5.74) is 1.22. The molecule has 1 N–H and O–H groups in total. The molecule has 0 atom stereocenters. The smallest absolute Gasteiger partial charge is 0.261 e. The number of hydrogen-bond acceptors (Lipinski definition) is 4. The highest BCUT2D eigenvalue weighted by molar-refractivity contribution is 6.22. The first-order valence-corrected chi connectivity index (χ1v) is 7.63. The number of hydrogen-bond donors (Lipinski definition) is 1. The molecule has 1 aromatic carbocycles. The van der Waals surface area contributed by atoms with Crippen LogP contribution in [0.5, 0.6) is 0 Å². The third-order valence-corrected chi connectivity index (χ3v) is 4.07. The molecule has 6 nitrogen and oxygen atoms in total. The summed E-state index contributed by atoms with van der Waals surface area (Å²) < 4.78 is 0. The highest BCUT2D eigenvalue weighted by Crippen LogP contribution is 2.24. The Bertz CT molecular complexity index is 636. The Morgan fingerprint density at radius 3 is 2.50 bits per heavy atom. The van der Waals surface area contributed by atoms with Crippen molar-refractivity contribution in [2.45, 2.75) is 13.3 Å². The minimum absolute atomic E-state index is 0.0847. The number of benzene rings is 1. The minimum Gasteiger partial charge on any atom is -0.336 e. The van der Waals surface area contributed by atoms with Crippen LogP contribution in [0.4, 0.5) is 0 Å². The van der Waals surface area contributed by atoms with E-state index in [2.05, 4.69) is 5.32 Å². The SMILES string of the molecule is CCCN1C(=O)c2ccc(C(=O)N3CCNCC3)cc2C1=O. The van der Waals surface area contributed by atoms with Gasteiger partial charge in [-0.15, -0.1) is 0 Å². The number of carbonyl (C=O) groups excluding carboxylic acids is 3. The first-order valence-electron chi connectivity index (χ1n) is 7.63. The maximum Gasteiger partial charge on any atom is 0.261 e. The molecular formula is C16H19N3O3. The van der Waals surface area contributed by atoms with Crippen LogP contribution >= 0.6 is 0 Å². The average molecular weight is 301 g/mol. The van der Waals surface area contributed by atoms with E-state index in [0.717, 1.165) is 19.5 Å². The zero-order valence-electron chi connectivity index (χ0n) is 12.6. The third kappa shape index (κ3) is 2.39. The standard InChI is InChI=1S/C16H19N3O3/c1-2-7-19-15(21)12-4-3-11(10-13(12)16(19)22)14(20)18-8-5-17-6-9-18/h3-4,10,17H,2,5-9H2,1H3. The summed E-state index contributed by atoms with van der Waals surface area (Å²) in [5, 5.41) is 3.20. The predicted octanol–water partition coefficient (Wildman–Crippen LogP) is 0.738. The van der Waals surface area contributed by atoms with Gasteiger partial charge in [0.15, 0.2) is 0 Å². The molecule has 0 radical (unpaired) electrons. The lowest BCUT2D eigenvalue weighted by molar-refractivity contribution is 0.0654. The van der Waals surface area contributed by atoms with Crippen LogP contribution in [-0.2, 0) is 0 Å². The molecule has 6 heteroatoms. The van der Waals surface area contributed by atoms with Gasteiger partial charge < -0.3 is 10.2 Å². The van der Waals surface area contributed by atoms with E-state index in [1.165, 1.54) is 4.90 Å². The molecule has 1 aromatic rings. The summed E-state index contributed by atoms with van der Waals surface area (Å²) in [4.78, 5) is 40.0. The van der Waals surface area contributed by atoms with Gasteiger partial charge in [-0.25, -0.2) is 0 Å². The van der Waals surface area contributed by atoms with Crippen molar-refractivity contribution >= 4 is 17.7 Å². The van der Waals surface area contributed by atoms with E-state index in [9.17, 15) is 14.4 Å². The summed E-state index contributed by atoms with van der Waals surface area (Å²) >= 11 is 0. The Labute approximate surface area is 129 Å². The second-order valence-electron chi connectivity index (χ2n) is 5.56. The van der Waals surface area contributed by atoms with E-state index in [-0.39, 0.29) is 17.7 Å². The second-order valence-corrected chi connectivity index (χ2v) is 5.56. The van der Waals surface area contributed by atoms with E-state index in [0.29, 0.717) is 36.3 Å². The molecule has 0 aliphatic carbocycles. The molecule has 0 unspecified atom stereocenters. The quantitative estimate of drug-likeness (QED) is 0.836. The summed E-state index contributed by atoms with van der Waals surface area (Å²) in [6.45, 7) is 5.20. The first-order chi connectivity index (χ1) is 10.6. The molecule has 0 saturated carbocycles. The molecule has 2 aliphatic heterocycles. The van der Waals surface area contributed by atoms with Crippen LogP contribution in [0.15, 0.2) is 18.2 Å². The number of rotatable bonds is 3. The van der Waals surface area contributed by atoms with Gasteiger partial charge in [0.05, 0.1) is 11.1 Å². The molecule has 116 valence electrons. The van der Waals surface area contributed by atoms with Gasteiger partial charge in [0.1, 0.15) is 0 Å². The monoisotopic (exact) mass is 301 g/mol. The van der Waals surface area contributed by atoms with Gasteiger partial charge in [-0.3, -0.25) is 19.3 Å². The molecule has 0 bridgehead atoms. The lowest BCUT2D eigenvalue weighted by atomic mass is 10.0. The van der Waals surface area contributed by atoms with Crippen LogP contribution in [0.1, 0.15) is 44.4 Å². The van der Waals surface area contributed by atoms with Crippen molar-refractivity contribution in [1.29, 1.82) is 0 Å². The summed E-state index contributed by atoms with van der Waals surface area (Å²) in [6.07, 6.45) is 0.720. The van der Waals surface area contributed by atoms with E-state index >= 15 is 0 Å². The second kappa shape index (κ2) is 5.88. The fourth-order valence-corrected chi connectivity index (χ4v) is 2.90. The molecule has 2 aliphatic rings. The number of fused-ring (bicyclic) bond motifs is 1. The summed E-state index contributed by atoms with van der Waals surface area (Å²) in [5.74, 6) is -0.640. The van der Waals surface area contributed by atoms with Crippen LogP contribution in [0.3, 0.4) is 0 Å². The van der Waals surface area contributed by atoms with Crippen molar-refractivity contribution in [3.8, 4) is 0 Å². The molecule has 3 amide bonds. The Kier molecular flexibility index (Phi) is 3.94. The van der Waals surface area contributed by atoms with Crippen molar-refractivity contribution in [3.05, 3.63) is 34.9 Å². The van der Waals surface area contributed by atoms with Crippen LogP contribution in [0.2, 0.25) is 0 Å². The highest BCUT2D eigenvalue weighted by Gasteiger charge is 2.35. The maximum atomic E-state index is 12.5. The normalized spacial score (nSPS) is 17.9. The van der Waals surface area contributed by atoms with Gasteiger partial charge in [-0.1, -0.05) is 6.92 Å². The van der Waals surface area contributed by atoms with E-state index in [4.69, 9.17) is 0 Å². The van der Waals surface area contributed by atoms with Crippen molar-refractivity contribution in [2.75, 3.05) is 32.7 Å². The van der Waals surface area contributed by atoms with Crippen molar-refractivity contribution in [3.63, 3.8) is 0 Å². The largest absolute Gasteiger partial charge is 0.336 e. The summed E-state index contributed by atoms with van der Waals surface area (Å²) in [6, 6.07) is 4.81. The zero-order valence-corrected chi connectivity index (χ0v) is 12.6. The van der Waals surface area contributed by atoms with Crippen LogP contribution in [0, 0.1) is 0 Å². The number of nitrogens with one attached hydrogen (secondary N) is 1. The van der Waals surface area contributed by atoms with Gasteiger partial charge in [0.25, 0.3) is 17.7 Å². The molecule has 0 spiro atoms. The average Bonchev–Trinajstić information content (AvgIpc) is 2.80. The van der Waals surface area contributed by atoms with Gasteiger partial charge in [-0.05, 0) is 24.6 Å². The van der Waals surface area contributed by atoms with E-state index < -0.39 is 0 Å². The minimum atomic E-state index is -0.295. The summed E-state index contributed by atoms with van der Waals surface area (Å²) in [7, 11) is 0. The fraction of sp³-hybridized carbons (Fsp3) is 0.438. The number of piperazine rings is 1. The van der Waals surface area contributed by atoms with Gasteiger partial charge in [0.2, 0.25) is 0 Å². The lowest BCUT2D eigenvalue weighted by Crippen LogP contribution is -2.46. The van der Waals surface area contributed by atoms with Crippen LogP contribution in [-0.4, -0.2) is 60.2 Å². The van der Waals surface area contributed by atoms with Crippen LogP contribution in [0.25, 0.3) is 0 Å². The van der Waals surface area contributed by atoms with Gasteiger partial charge in [0, 0.05) is 38.3 Å². The molecule has 1 saturated heterocycles. The highest BCUT2D eigenvalue weighted by atomic mass is 16.2. The molecule has 22 heavy (non-hydrogen) atoms. The Hall–Kier alpha value is -2.21. The third-order valence-electron chi connectivity index (χ3n) is 4.07. The fourth-order valence-electron chi connectivity index (χ4n) is 2.90. The predicted molar refractivity (Wildman–Crippen MR) is 80.9 cm³/mol.